The van der Waals surface area contributed by atoms with Gasteiger partial charge in [-0.25, -0.2) is 13.2 Å². The normalized spacial score (nSPS) is 11.2. The highest BCUT2D eigenvalue weighted by molar-refractivity contribution is 5.15. The largest absolute Gasteiger partial charge is 0.381 e. The fourth-order valence-electron chi connectivity index (χ4n) is 2.79. The number of ether oxygens (including phenoxy) is 1. The molecule has 0 radical (unpaired) electrons. The number of rotatable bonds is 0. The van der Waals surface area contributed by atoms with E-state index in [4.69, 9.17) is 4.74 Å². The van der Waals surface area contributed by atoms with Gasteiger partial charge in [-0.3, -0.25) is 0 Å². The Kier molecular flexibility index (Phi) is 19.9. The average Bonchev–Trinajstić information content (AvgIpc) is 2.89. The molecule has 0 aromatic heterocycles. The van der Waals surface area contributed by atoms with Gasteiger partial charge in [-0.1, -0.05) is 91.9 Å². The topological polar surface area (TPSA) is 9.23 Å². The van der Waals surface area contributed by atoms with Crippen LogP contribution in [0.3, 0.4) is 0 Å². The maximum atomic E-state index is 12.3. The van der Waals surface area contributed by atoms with E-state index in [1.165, 1.54) is 55.2 Å². The van der Waals surface area contributed by atoms with Crippen molar-refractivity contribution < 1.29 is 17.9 Å². The first-order valence-electron chi connectivity index (χ1n) is 12.1. The third-order valence-corrected chi connectivity index (χ3v) is 4.81. The van der Waals surface area contributed by atoms with Gasteiger partial charge in [-0.05, 0) is 81.5 Å². The van der Waals surface area contributed by atoms with Crippen molar-refractivity contribution in [2.24, 2.45) is 0 Å². The van der Waals surface area contributed by atoms with E-state index in [1.54, 1.807) is 43.3 Å². The van der Waals surface area contributed by atoms with Crippen molar-refractivity contribution in [1.82, 2.24) is 0 Å². The Morgan fingerprint density at radius 3 is 1.27 bits per heavy atom. The molecule has 0 spiro atoms. The number of benzene rings is 4. The zero-order valence-electron chi connectivity index (χ0n) is 21.5. The molecule has 4 aromatic carbocycles. The van der Waals surface area contributed by atoms with Crippen molar-refractivity contribution >= 4 is 0 Å². The maximum absolute atomic E-state index is 12.3. The summed E-state index contributed by atoms with van der Waals surface area (Å²) < 4.78 is 41.5. The second-order valence-electron chi connectivity index (χ2n) is 8.17. The predicted octanol–water partition coefficient (Wildman–Crippen LogP) is 9.91. The second kappa shape index (κ2) is 21.9. The van der Waals surface area contributed by atoms with Gasteiger partial charge in [0.1, 0.15) is 17.5 Å². The molecule has 0 saturated carbocycles. The molecule has 37 heavy (non-hydrogen) atoms. The molecular formula is C33H41F3O. The smallest absolute Gasteiger partial charge is 0.126 e. The summed E-state index contributed by atoms with van der Waals surface area (Å²) >= 11 is 0. The zero-order valence-corrected chi connectivity index (χ0v) is 21.5. The lowest BCUT2D eigenvalue weighted by atomic mass is 10.2. The highest BCUT2D eigenvalue weighted by atomic mass is 19.1. The van der Waals surface area contributed by atoms with E-state index < -0.39 is 0 Å². The highest BCUT2D eigenvalue weighted by Crippen LogP contribution is 2.03. The number of hydrogen-bond acceptors (Lipinski definition) is 1. The first kappa shape index (κ1) is 33.6. The monoisotopic (exact) mass is 510 g/mol. The van der Waals surface area contributed by atoms with Crippen LogP contribution in [0, 0.1) is 38.2 Å². The van der Waals surface area contributed by atoms with Gasteiger partial charge in [0.15, 0.2) is 0 Å². The first-order chi connectivity index (χ1) is 17.4. The van der Waals surface area contributed by atoms with Crippen LogP contribution in [0.5, 0.6) is 0 Å². The Bertz CT molecular complexity index is 962. The van der Waals surface area contributed by atoms with Gasteiger partial charge in [0, 0.05) is 13.2 Å². The summed E-state index contributed by atoms with van der Waals surface area (Å²) in [6.07, 6.45) is 3.93. The molecule has 0 atom stereocenters. The molecule has 0 unspecified atom stereocenters. The molecule has 1 aliphatic heterocycles. The summed E-state index contributed by atoms with van der Waals surface area (Å²) in [5.41, 5.74) is 2.99. The molecule has 0 amide bonds. The van der Waals surface area contributed by atoms with Crippen LogP contribution in [0.15, 0.2) is 109 Å². The van der Waals surface area contributed by atoms with Gasteiger partial charge in [-0.2, -0.15) is 0 Å². The number of hydrogen-bond donors (Lipinski definition) is 0. The van der Waals surface area contributed by atoms with Crippen LogP contribution in [0.2, 0.25) is 0 Å². The van der Waals surface area contributed by atoms with E-state index in [2.05, 4.69) is 19.1 Å². The third kappa shape index (κ3) is 19.5. The van der Waals surface area contributed by atoms with Crippen LogP contribution < -0.4 is 0 Å². The van der Waals surface area contributed by atoms with Crippen LogP contribution >= 0.6 is 0 Å². The SMILES string of the molecule is C.C1CCOCC1.Cc1cccc(F)c1.Cc1ccccc1.Cc1ccccc1F.Fc1ccccc1. The van der Waals surface area contributed by atoms with Crippen LogP contribution in [-0.2, 0) is 4.74 Å². The summed E-state index contributed by atoms with van der Waals surface area (Å²) in [4.78, 5) is 0. The predicted molar refractivity (Wildman–Crippen MR) is 151 cm³/mol. The van der Waals surface area contributed by atoms with Gasteiger partial charge < -0.3 is 4.74 Å². The van der Waals surface area contributed by atoms with Crippen LogP contribution in [0.25, 0.3) is 0 Å². The van der Waals surface area contributed by atoms with Gasteiger partial charge in [0.2, 0.25) is 0 Å². The molecule has 1 fully saturated rings. The molecule has 0 N–H and O–H groups in total. The molecule has 1 aliphatic rings. The molecule has 200 valence electrons. The Morgan fingerprint density at radius 2 is 1.00 bits per heavy atom. The highest BCUT2D eigenvalue weighted by Gasteiger charge is 1.95. The molecule has 1 saturated heterocycles. The van der Waals surface area contributed by atoms with Crippen LogP contribution in [-0.4, -0.2) is 13.2 Å². The van der Waals surface area contributed by atoms with Crippen LogP contribution in [0.1, 0.15) is 43.4 Å². The molecule has 0 bridgehead atoms. The van der Waals surface area contributed by atoms with E-state index >= 15 is 0 Å². The number of aryl methyl sites for hydroxylation is 3. The average molecular weight is 511 g/mol. The van der Waals surface area contributed by atoms with Crippen molar-refractivity contribution in [3.63, 3.8) is 0 Å². The van der Waals surface area contributed by atoms with Gasteiger partial charge in [0.25, 0.3) is 0 Å². The summed E-state index contributed by atoms with van der Waals surface area (Å²) in [5, 5.41) is 0. The van der Waals surface area contributed by atoms with Crippen molar-refractivity contribution in [2.75, 3.05) is 13.2 Å². The Labute approximate surface area is 222 Å². The first-order valence-corrected chi connectivity index (χ1v) is 12.1. The molecule has 4 aromatic rings. The number of halogens is 3. The fourth-order valence-corrected chi connectivity index (χ4v) is 2.79. The third-order valence-electron chi connectivity index (χ3n) is 4.81. The van der Waals surface area contributed by atoms with E-state index in [9.17, 15) is 13.2 Å². The standard InChI is InChI=1S/2C7H7F.C7H8.C6H5F.C5H10O.CH4/c1-6-3-2-4-7(8)5-6;1-6-4-2-3-5-7(6)8;1-7-5-3-2-4-6-7;7-6-4-2-1-3-5-6;1-2-4-6-5-3-1;/h2*2-5H,1H3;2-6H,1H3;1-5H;1-5H2;1H4. The van der Waals surface area contributed by atoms with Crippen molar-refractivity contribution in [1.29, 1.82) is 0 Å². The second-order valence-corrected chi connectivity index (χ2v) is 8.17. The Hall–Kier alpha value is -3.37. The van der Waals surface area contributed by atoms with Crippen LogP contribution in [0.4, 0.5) is 13.2 Å². The van der Waals surface area contributed by atoms with E-state index in [0.717, 1.165) is 18.8 Å². The van der Waals surface area contributed by atoms with Gasteiger partial charge in [-0.15, -0.1) is 0 Å². The van der Waals surface area contributed by atoms with Crippen molar-refractivity contribution in [3.8, 4) is 0 Å². The Morgan fingerprint density at radius 1 is 0.514 bits per heavy atom. The maximum Gasteiger partial charge on any atom is 0.126 e. The lowest BCUT2D eigenvalue weighted by Gasteiger charge is -2.08. The fraction of sp³-hybridized carbons (Fsp3) is 0.273. The molecule has 5 rings (SSSR count). The van der Waals surface area contributed by atoms with Gasteiger partial charge in [0.05, 0.1) is 0 Å². The van der Waals surface area contributed by atoms with Gasteiger partial charge >= 0.3 is 0 Å². The molecule has 4 heteroatoms. The summed E-state index contributed by atoms with van der Waals surface area (Å²) in [5.74, 6) is -0.472. The van der Waals surface area contributed by atoms with Crippen molar-refractivity contribution in [2.45, 2.75) is 47.5 Å². The van der Waals surface area contributed by atoms with E-state index in [-0.39, 0.29) is 24.9 Å². The lowest BCUT2D eigenvalue weighted by molar-refractivity contribution is 0.0968. The molecule has 0 aliphatic carbocycles. The quantitative estimate of drug-likeness (QED) is 0.229. The Balaban J connectivity index is 0.000000436. The minimum absolute atomic E-state index is 0. The van der Waals surface area contributed by atoms with E-state index in [1.807, 2.05) is 37.3 Å². The van der Waals surface area contributed by atoms with E-state index in [0.29, 0.717) is 5.56 Å². The summed E-state index contributed by atoms with van der Waals surface area (Å²) in [7, 11) is 0. The molecule has 1 heterocycles. The summed E-state index contributed by atoms with van der Waals surface area (Å²) in [6.45, 7) is 7.69. The minimum Gasteiger partial charge on any atom is -0.381 e. The minimum atomic E-state index is -0.178. The van der Waals surface area contributed by atoms with Crippen molar-refractivity contribution in [3.05, 3.63) is 143 Å². The zero-order chi connectivity index (χ0) is 26.4. The summed E-state index contributed by atoms with van der Waals surface area (Å²) in [6, 6.07) is 31.4. The molecule has 1 nitrogen and oxygen atoms in total. The molecular weight excluding hydrogens is 469 g/mol. The lowest BCUT2D eigenvalue weighted by Crippen LogP contribution is -2.03.